The van der Waals surface area contributed by atoms with Gasteiger partial charge in [-0.15, -0.1) is 0 Å². The number of urea groups is 1. The largest absolute Gasteiger partial charge is 0.494 e. The van der Waals surface area contributed by atoms with Crippen LogP contribution in [0.2, 0.25) is 5.02 Å². The van der Waals surface area contributed by atoms with Crippen molar-refractivity contribution in [3.05, 3.63) is 77.3 Å². The summed E-state index contributed by atoms with van der Waals surface area (Å²) in [5.74, 6) is -0.158. The van der Waals surface area contributed by atoms with Crippen LogP contribution >= 0.6 is 11.6 Å². The van der Waals surface area contributed by atoms with Crippen LogP contribution in [0.25, 0.3) is 11.1 Å². The molecule has 4 rings (SSSR count). The Bertz CT molecular complexity index is 1320. The second-order valence-corrected chi connectivity index (χ2v) is 8.90. The number of anilines is 1. The van der Waals surface area contributed by atoms with Crippen LogP contribution in [0.1, 0.15) is 25.8 Å². The Balaban J connectivity index is 1.37. The molecule has 2 heterocycles. The number of hydrogen-bond acceptors (Lipinski definition) is 5. The third kappa shape index (κ3) is 4.68. The Morgan fingerprint density at radius 1 is 1.14 bits per heavy atom. The fourth-order valence-electron chi connectivity index (χ4n) is 3.93. The summed E-state index contributed by atoms with van der Waals surface area (Å²) in [6.07, 6.45) is 3.19. The average molecular weight is 493 g/mol. The van der Waals surface area contributed by atoms with Crippen LogP contribution in [0.5, 0.6) is 5.75 Å². The number of amides is 3. The van der Waals surface area contributed by atoms with Gasteiger partial charge in [0, 0.05) is 18.3 Å². The molecule has 7 nitrogen and oxygen atoms in total. The maximum absolute atomic E-state index is 13.9. The standard InChI is InChI=1S/C26H22ClFN4O3/c1-26(2)24(33)32(19-7-4-18(15-29)22(27)14-19)25(34)31(26)12-3-13-35-20-8-5-17(6-9-20)21-10-11-30-16-23(21)28/h4-11,14,16H,3,12-13H2,1-2H3. The van der Waals surface area contributed by atoms with Gasteiger partial charge in [-0.1, -0.05) is 23.7 Å². The molecule has 9 heteroatoms. The Kier molecular flexibility index (Phi) is 6.72. The molecule has 1 aromatic heterocycles. The molecular formula is C26H22ClFN4O3. The summed E-state index contributed by atoms with van der Waals surface area (Å²) in [5.41, 5.74) is 0.707. The van der Waals surface area contributed by atoms with Gasteiger partial charge in [-0.05, 0) is 62.2 Å². The van der Waals surface area contributed by atoms with E-state index in [1.54, 1.807) is 44.2 Å². The molecule has 178 valence electrons. The van der Waals surface area contributed by atoms with Gasteiger partial charge in [-0.2, -0.15) is 5.26 Å². The van der Waals surface area contributed by atoms with Crippen molar-refractivity contribution in [1.82, 2.24) is 9.88 Å². The van der Waals surface area contributed by atoms with Crippen molar-refractivity contribution in [2.75, 3.05) is 18.1 Å². The number of halogens is 2. The Hall–Kier alpha value is -3.96. The molecule has 0 spiro atoms. The van der Waals surface area contributed by atoms with E-state index in [0.717, 1.165) is 4.90 Å². The van der Waals surface area contributed by atoms with Gasteiger partial charge in [0.05, 0.1) is 29.1 Å². The Morgan fingerprint density at radius 2 is 1.89 bits per heavy atom. The minimum absolute atomic E-state index is 0.174. The molecule has 0 unspecified atom stereocenters. The van der Waals surface area contributed by atoms with Gasteiger partial charge in [0.2, 0.25) is 0 Å². The highest BCUT2D eigenvalue weighted by Gasteiger charge is 2.51. The lowest BCUT2D eigenvalue weighted by Crippen LogP contribution is -2.44. The number of aromatic nitrogens is 1. The highest BCUT2D eigenvalue weighted by Crippen LogP contribution is 2.34. The quantitative estimate of drug-likeness (QED) is 0.324. The minimum atomic E-state index is -1.05. The molecule has 0 radical (unpaired) electrons. The van der Waals surface area contributed by atoms with Gasteiger partial charge in [0.1, 0.15) is 23.2 Å². The lowest BCUT2D eigenvalue weighted by Gasteiger charge is -2.27. The Morgan fingerprint density at radius 3 is 2.54 bits per heavy atom. The first kappa shape index (κ1) is 24.2. The zero-order valence-corrected chi connectivity index (χ0v) is 19.9. The second-order valence-electron chi connectivity index (χ2n) is 8.49. The smallest absolute Gasteiger partial charge is 0.332 e. The number of nitrogens with zero attached hydrogens (tertiary/aromatic N) is 4. The summed E-state index contributed by atoms with van der Waals surface area (Å²) >= 11 is 6.10. The third-order valence-electron chi connectivity index (χ3n) is 5.89. The topological polar surface area (TPSA) is 86.5 Å². The monoisotopic (exact) mass is 492 g/mol. The van der Waals surface area contributed by atoms with Gasteiger partial charge >= 0.3 is 6.03 Å². The Labute approximate surface area is 207 Å². The van der Waals surface area contributed by atoms with E-state index in [9.17, 15) is 14.0 Å². The predicted molar refractivity (Wildman–Crippen MR) is 130 cm³/mol. The lowest BCUT2D eigenvalue weighted by atomic mass is 10.0. The summed E-state index contributed by atoms with van der Waals surface area (Å²) in [6, 6.07) is 14.6. The van der Waals surface area contributed by atoms with E-state index in [2.05, 4.69) is 4.98 Å². The van der Waals surface area contributed by atoms with Crippen molar-refractivity contribution in [3.8, 4) is 22.9 Å². The van der Waals surface area contributed by atoms with Crippen LogP contribution < -0.4 is 9.64 Å². The predicted octanol–water partition coefficient (Wildman–Crippen LogP) is 5.43. The highest BCUT2D eigenvalue weighted by molar-refractivity contribution is 6.32. The number of imide groups is 1. The van der Waals surface area contributed by atoms with Crippen LogP contribution in [0.3, 0.4) is 0 Å². The molecule has 0 N–H and O–H groups in total. The zero-order chi connectivity index (χ0) is 25.2. The van der Waals surface area contributed by atoms with Crippen LogP contribution in [-0.2, 0) is 4.79 Å². The van der Waals surface area contributed by atoms with E-state index in [4.69, 9.17) is 21.6 Å². The molecule has 2 aromatic carbocycles. The van der Waals surface area contributed by atoms with E-state index < -0.39 is 17.4 Å². The summed E-state index contributed by atoms with van der Waals surface area (Å²) in [5, 5.41) is 9.24. The first-order valence-electron chi connectivity index (χ1n) is 10.9. The molecule has 3 aromatic rings. The van der Waals surface area contributed by atoms with Crippen molar-refractivity contribution in [2.45, 2.75) is 25.8 Å². The van der Waals surface area contributed by atoms with Crippen LogP contribution in [0.4, 0.5) is 14.9 Å². The molecular weight excluding hydrogens is 471 g/mol. The van der Waals surface area contributed by atoms with E-state index >= 15 is 0 Å². The first-order chi connectivity index (χ1) is 16.7. The normalized spacial score (nSPS) is 14.8. The summed E-state index contributed by atoms with van der Waals surface area (Å²) < 4.78 is 19.7. The van der Waals surface area contributed by atoms with Gasteiger partial charge in [-0.3, -0.25) is 9.78 Å². The number of ether oxygens (including phenoxy) is 1. The van der Waals surface area contributed by atoms with Crippen molar-refractivity contribution >= 4 is 29.2 Å². The highest BCUT2D eigenvalue weighted by atomic mass is 35.5. The number of carbonyl (C=O) groups is 2. The number of nitriles is 1. The summed E-state index contributed by atoms with van der Waals surface area (Å²) in [7, 11) is 0. The molecule has 35 heavy (non-hydrogen) atoms. The van der Waals surface area contributed by atoms with Gasteiger partial charge < -0.3 is 9.64 Å². The van der Waals surface area contributed by atoms with E-state index in [0.29, 0.717) is 42.1 Å². The molecule has 1 aliphatic rings. The van der Waals surface area contributed by atoms with Crippen molar-refractivity contribution in [3.63, 3.8) is 0 Å². The molecule has 1 saturated heterocycles. The van der Waals surface area contributed by atoms with Gasteiger partial charge in [0.15, 0.2) is 0 Å². The van der Waals surface area contributed by atoms with Crippen LogP contribution in [-0.4, -0.2) is 40.5 Å². The van der Waals surface area contributed by atoms with Crippen LogP contribution in [0.15, 0.2) is 60.9 Å². The number of hydrogen-bond donors (Lipinski definition) is 0. The molecule has 0 atom stereocenters. The fourth-order valence-corrected chi connectivity index (χ4v) is 4.14. The van der Waals surface area contributed by atoms with Crippen molar-refractivity contribution in [2.24, 2.45) is 0 Å². The maximum atomic E-state index is 13.9. The van der Waals surface area contributed by atoms with Gasteiger partial charge in [-0.25, -0.2) is 14.1 Å². The first-order valence-corrected chi connectivity index (χ1v) is 11.3. The fraction of sp³-hybridized carbons (Fsp3) is 0.231. The van der Waals surface area contributed by atoms with Crippen molar-refractivity contribution in [1.29, 1.82) is 5.26 Å². The van der Waals surface area contributed by atoms with E-state index in [1.807, 2.05) is 6.07 Å². The van der Waals surface area contributed by atoms with E-state index in [1.165, 1.54) is 35.5 Å². The number of pyridine rings is 1. The molecule has 1 aliphatic heterocycles. The third-order valence-corrected chi connectivity index (χ3v) is 6.20. The molecule has 0 saturated carbocycles. The number of benzene rings is 2. The SMILES string of the molecule is CC1(C)C(=O)N(c2ccc(C#N)c(Cl)c2)C(=O)N1CCCOc1ccc(-c2ccncc2F)cc1. The molecule has 1 fully saturated rings. The lowest BCUT2D eigenvalue weighted by molar-refractivity contribution is -0.123. The molecule has 0 bridgehead atoms. The maximum Gasteiger partial charge on any atom is 0.332 e. The second kappa shape index (κ2) is 9.72. The average Bonchev–Trinajstić information content (AvgIpc) is 3.01. The van der Waals surface area contributed by atoms with E-state index in [-0.39, 0.29) is 16.5 Å². The zero-order valence-electron chi connectivity index (χ0n) is 19.2. The van der Waals surface area contributed by atoms with Crippen LogP contribution in [0, 0.1) is 17.1 Å². The van der Waals surface area contributed by atoms with Gasteiger partial charge in [0.25, 0.3) is 5.91 Å². The molecule has 3 amide bonds. The summed E-state index contributed by atoms with van der Waals surface area (Å²) in [4.78, 5) is 32.5. The minimum Gasteiger partial charge on any atom is -0.494 e. The number of carbonyl (C=O) groups excluding carboxylic acids is 2. The number of rotatable bonds is 7. The summed E-state index contributed by atoms with van der Waals surface area (Å²) in [6.45, 7) is 4.00. The molecule has 0 aliphatic carbocycles. The van der Waals surface area contributed by atoms with Crippen molar-refractivity contribution < 1.29 is 18.7 Å².